The Morgan fingerprint density at radius 3 is 2.97 bits per heavy atom. The molecular formula is C17H15F2N2O9PS. The van der Waals surface area contributed by atoms with Gasteiger partial charge in [0.05, 0.1) is 13.5 Å². The highest BCUT2D eigenvalue weighted by molar-refractivity contribution is 7.71. The zero-order valence-corrected chi connectivity index (χ0v) is 17.5. The minimum Gasteiger partial charge on any atom is -0.404 e. The first-order chi connectivity index (χ1) is 15.4. The number of carbonyl (C=O) groups excluding carboxylic acids is 1. The second-order valence-electron chi connectivity index (χ2n) is 6.79. The number of ether oxygens (including phenoxy) is 1. The highest BCUT2D eigenvalue weighted by Crippen LogP contribution is 2.55. The molecular weight excluding hydrogens is 477 g/mol. The van der Waals surface area contributed by atoms with Crippen LogP contribution in [0.1, 0.15) is 23.5 Å². The first kappa shape index (κ1) is 21.5. The molecule has 1 saturated heterocycles. The van der Waals surface area contributed by atoms with E-state index in [1.165, 1.54) is 0 Å². The van der Waals surface area contributed by atoms with Crippen LogP contribution in [0.3, 0.4) is 0 Å². The number of nitrogens with one attached hydrogen (secondary N) is 1. The van der Waals surface area contributed by atoms with Crippen LogP contribution in [0.2, 0.25) is 0 Å². The lowest BCUT2D eigenvalue weighted by molar-refractivity contribution is -0.205. The summed E-state index contributed by atoms with van der Waals surface area (Å²) in [5, 5.41) is 20.6. The molecule has 2 aromatic rings. The third-order valence-corrected chi connectivity index (χ3v) is 6.24. The van der Waals surface area contributed by atoms with Gasteiger partial charge in [0, 0.05) is 11.8 Å². The third-order valence-electron chi connectivity index (χ3n) is 4.63. The number of rotatable bonds is 5. The molecule has 0 aliphatic carbocycles. The largest absolute Gasteiger partial charge is 0.530 e. The topological polar surface area (TPSA) is 149 Å². The second-order valence-corrected chi connectivity index (χ2v) is 8.77. The predicted octanol–water partition coefficient (Wildman–Crippen LogP) is 1.51. The lowest BCUT2D eigenvalue weighted by Gasteiger charge is -2.28. The summed E-state index contributed by atoms with van der Waals surface area (Å²) < 4.78 is 69.7. The number of carbonyl (C=O) groups is 1. The number of phosphoric acid groups is 1. The van der Waals surface area contributed by atoms with Crippen molar-refractivity contribution in [1.82, 2.24) is 9.55 Å². The van der Waals surface area contributed by atoms with E-state index in [1.807, 2.05) is 0 Å². The number of aliphatic hydroxyl groups excluding tert-OH is 2. The summed E-state index contributed by atoms with van der Waals surface area (Å²) in [7, 11) is -4.46. The molecule has 32 heavy (non-hydrogen) atoms. The lowest BCUT2D eigenvalue weighted by atomic mass is 10.1. The Morgan fingerprint density at radius 1 is 1.50 bits per heavy atom. The first-order valence-electron chi connectivity index (χ1n) is 9.35. The molecule has 0 bridgehead atoms. The molecule has 3 heterocycles. The van der Waals surface area contributed by atoms with Gasteiger partial charge in [-0.15, -0.1) is 0 Å². The molecule has 0 spiro atoms. The number of nitrogens with zero attached hydrogens (tertiary/aromatic N) is 1. The van der Waals surface area contributed by atoms with Crippen molar-refractivity contribution in [3.05, 3.63) is 56.5 Å². The molecule has 2 aliphatic rings. The average Bonchev–Trinajstić information content (AvgIpc) is 2.94. The van der Waals surface area contributed by atoms with Gasteiger partial charge in [-0.1, -0.05) is 0 Å². The van der Waals surface area contributed by atoms with Crippen molar-refractivity contribution in [2.24, 2.45) is 0 Å². The number of aliphatic hydroxyl groups is 2. The van der Waals surface area contributed by atoms with Gasteiger partial charge >= 0.3 is 7.82 Å². The summed E-state index contributed by atoms with van der Waals surface area (Å²) in [6.45, 7) is -1.73. The summed E-state index contributed by atoms with van der Waals surface area (Å²) >= 11 is 4.89. The maximum absolute atomic E-state index is 15.5. The molecule has 0 radical (unpaired) electrons. The minimum absolute atomic E-state index is 0.0393. The van der Waals surface area contributed by atoms with Crippen molar-refractivity contribution in [2.45, 2.75) is 30.9 Å². The van der Waals surface area contributed by atoms with Crippen LogP contribution < -0.4 is 10.1 Å². The molecule has 1 unspecified atom stereocenters. The van der Waals surface area contributed by atoms with E-state index in [0.717, 1.165) is 24.4 Å². The highest BCUT2D eigenvalue weighted by Gasteiger charge is 2.57. The lowest BCUT2D eigenvalue weighted by Crippen LogP contribution is -2.43. The number of fused-ring (bicyclic) bond motifs is 1. The molecule has 4 rings (SSSR count). The fraction of sp³-hybridized carbons (Fsp3) is 0.353. The van der Waals surface area contributed by atoms with E-state index in [9.17, 15) is 28.8 Å². The van der Waals surface area contributed by atoms with Crippen molar-refractivity contribution < 1.29 is 48.0 Å². The highest BCUT2D eigenvalue weighted by atomic mass is 32.1. The number of halogens is 2. The van der Waals surface area contributed by atoms with Gasteiger partial charge in [0.25, 0.3) is 11.4 Å². The van der Waals surface area contributed by atoms with Crippen LogP contribution in [0.4, 0.5) is 8.78 Å². The molecule has 15 heteroatoms. The quantitative estimate of drug-likeness (QED) is 0.318. The molecule has 2 aliphatic heterocycles. The van der Waals surface area contributed by atoms with Crippen molar-refractivity contribution in [1.29, 1.82) is 0 Å². The van der Waals surface area contributed by atoms with E-state index < -0.39 is 60.4 Å². The molecule has 3 N–H and O–H groups in total. The summed E-state index contributed by atoms with van der Waals surface area (Å²) in [4.78, 5) is 24.8. The van der Waals surface area contributed by atoms with Crippen LogP contribution >= 0.6 is 20.0 Å². The van der Waals surface area contributed by atoms with Gasteiger partial charge in [-0.25, -0.2) is 13.3 Å². The fourth-order valence-electron chi connectivity index (χ4n) is 2.98. The number of phosphoric ester groups is 1. The fourth-order valence-corrected chi connectivity index (χ4v) is 4.45. The molecule has 1 aromatic heterocycles. The van der Waals surface area contributed by atoms with Gasteiger partial charge in [0.2, 0.25) is 0 Å². The maximum atomic E-state index is 15.5. The third kappa shape index (κ3) is 4.06. The van der Waals surface area contributed by atoms with E-state index in [1.54, 1.807) is 0 Å². The molecule has 0 saturated carbocycles. The molecule has 11 nitrogen and oxygen atoms in total. The Bertz CT molecular complexity index is 1290. The Balaban J connectivity index is 1.58. The number of H-pyrrole nitrogens is 1. The number of alkyl halides is 1. The Kier molecular flexibility index (Phi) is 5.53. The first-order valence-corrected chi connectivity index (χ1v) is 10.7. The van der Waals surface area contributed by atoms with Gasteiger partial charge < -0.3 is 19.5 Å². The molecule has 1 fully saturated rings. The molecule has 5 atom stereocenters. The van der Waals surface area contributed by atoms with E-state index in [0.29, 0.717) is 4.57 Å². The van der Waals surface area contributed by atoms with Crippen LogP contribution in [-0.2, 0) is 25.0 Å². The number of hydrogen-bond acceptors (Lipinski definition) is 10. The number of aromatic nitrogens is 2. The van der Waals surface area contributed by atoms with Gasteiger partial charge in [0.1, 0.15) is 30.4 Å². The van der Waals surface area contributed by atoms with E-state index in [2.05, 4.69) is 4.98 Å². The SMILES string of the molecule is [2H][C@@]1(n2cc(C=O)c(=O)[nH]c2=S)O[C@](F)(COP2(=O)OCc3cc(F)ccc3O2)[C@@H](O)[C@H]1O. The molecule has 1 aromatic carbocycles. The summed E-state index contributed by atoms with van der Waals surface area (Å²) in [6.07, 6.45) is -6.72. The summed E-state index contributed by atoms with van der Waals surface area (Å²) in [6, 6.07) is 3.27. The number of aromatic amines is 1. The Labute approximate surface area is 184 Å². The van der Waals surface area contributed by atoms with E-state index in [-0.39, 0.29) is 24.2 Å². The monoisotopic (exact) mass is 493 g/mol. The van der Waals surface area contributed by atoms with Crippen molar-refractivity contribution in [2.75, 3.05) is 6.61 Å². The average molecular weight is 493 g/mol. The Morgan fingerprint density at radius 2 is 2.25 bits per heavy atom. The second kappa shape index (κ2) is 8.23. The number of benzene rings is 1. The van der Waals surface area contributed by atoms with Gasteiger partial charge in [-0.05, 0) is 30.4 Å². The van der Waals surface area contributed by atoms with Crippen molar-refractivity contribution in [3.8, 4) is 5.75 Å². The van der Waals surface area contributed by atoms with Crippen LogP contribution in [0, 0.1) is 10.6 Å². The van der Waals surface area contributed by atoms with Gasteiger partial charge in [0.15, 0.2) is 17.3 Å². The summed E-state index contributed by atoms with van der Waals surface area (Å²) in [5.41, 5.74) is -1.20. The van der Waals surface area contributed by atoms with Crippen molar-refractivity contribution >= 4 is 26.3 Å². The van der Waals surface area contributed by atoms with E-state index >= 15 is 4.39 Å². The Hall–Kier alpha value is -2.32. The number of hydrogen-bond donors (Lipinski definition) is 3. The maximum Gasteiger partial charge on any atom is 0.530 e. The zero-order valence-electron chi connectivity index (χ0n) is 16.8. The molecule has 172 valence electrons. The number of aldehydes is 1. The van der Waals surface area contributed by atoms with Gasteiger partial charge in [-0.3, -0.25) is 28.2 Å². The smallest absolute Gasteiger partial charge is 0.404 e. The van der Waals surface area contributed by atoms with E-state index in [4.69, 9.17) is 31.9 Å². The zero-order chi connectivity index (χ0) is 24.2. The van der Waals surface area contributed by atoms with Crippen LogP contribution in [-0.4, -0.2) is 50.7 Å². The summed E-state index contributed by atoms with van der Waals surface area (Å²) in [5.74, 6) is -3.97. The van der Waals surface area contributed by atoms with Crippen LogP contribution in [0.15, 0.2) is 29.2 Å². The minimum atomic E-state index is -4.46. The van der Waals surface area contributed by atoms with Gasteiger partial charge in [-0.2, -0.15) is 0 Å². The van der Waals surface area contributed by atoms with Crippen LogP contribution in [0.25, 0.3) is 0 Å². The normalized spacial score (nSPS) is 34.4. The molecule has 0 amide bonds. The standard InChI is InChI=1S/C17H15F2N2O9PS/c18-10-1-2-11-8(3-10)6-27-31(26,30-11)28-7-17(19)13(24)12(23)15(29-17)21-4-9(5-22)14(25)20-16(21)32/h1-5,12-13,15,23-24H,6-7H2,(H,20,25,32)/t12-,13+,15-,17-,31?/m1/s1/i15D. The van der Waals surface area contributed by atoms with Crippen molar-refractivity contribution in [3.63, 3.8) is 0 Å². The van der Waals surface area contributed by atoms with Crippen LogP contribution in [0.5, 0.6) is 5.75 Å². The predicted molar refractivity (Wildman–Crippen MR) is 103 cm³/mol.